The number of carbonyl (C=O) groups is 2. The summed E-state index contributed by atoms with van der Waals surface area (Å²) in [5.74, 6) is 0.169. The summed E-state index contributed by atoms with van der Waals surface area (Å²) in [7, 11) is 0. The summed E-state index contributed by atoms with van der Waals surface area (Å²) in [6.07, 6.45) is 3.25. The summed E-state index contributed by atoms with van der Waals surface area (Å²) in [4.78, 5) is 23.6. The van der Waals surface area contributed by atoms with Crippen molar-refractivity contribution in [2.45, 2.75) is 51.1 Å². The van der Waals surface area contributed by atoms with Gasteiger partial charge in [0, 0.05) is 18.2 Å². The van der Waals surface area contributed by atoms with Gasteiger partial charge < -0.3 is 16.0 Å². The number of carbonyl (C=O) groups excluding carboxylic acids is 2. The molecule has 1 fully saturated rings. The molecular formula is C19H24N4O2. The highest BCUT2D eigenvalue weighted by Crippen LogP contribution is 2.39. The van der Waals surface area contributed by atoms with E-state index in [0.29, 0.717) is 6.42 Å². The summed E-state index contributed by atoms with van der Waals surface area (Å²) >= 11 is 0. The van der Waals surface area contributed by atoms with Crippen LogP contribution in [-0.2, 0) is 16.0 Å². The fourth-order valence-electron chi connectivity index (χ4n) is 3.25. The summed E-state index contributed by atoms with van der Waals surface area (Å²) in [6.45, 7) is 3.96. The molecule has 6 nitrogen and oxygen atoms in total. The molecule has 1 aromatic carbocycles. The maximum absolute atomic E-state index is 12.2. The molecule has 2 aliphatic rings. The van der Waals surface area contributed by atoms with Gasteiger partial charge in [0.25, 0.3) is 0 Å². The lowest BCUT2D eigenvalue weighted by Crippen LogP contribution is -2.49. The lowest BCUT2D eigenvalue weighted by atomic mass is 9.97. The number of hydrogen-bond acceptors (Lipinski definition) is 4. The SMILES string of the molecule is C[C@H](NCC(=O)N[C@](C)(C#N)C1CC1)c1ccc2c(c1)CCC(=O)N2. The Morgan fingerprint density at radius 2 is 2.20 bits per heavy atom. The molecule has 1 heterocycles. The predicted molar refractivity (Wildman–Crippen MR) is 94.7 cm³/mol. The third-order valence-electron chi connectivity index (χ3n) is 5.12. The van der Waals surface area contributed by atoms with Gasteiger partial charge in [-0.1, -0.05) is 12.1 Å². The Balaban J connectivity index is 1.56. The molecule has 3 N–H and O–H groups in total. The highest BCUT2D eigenvalue weighted by molar-refractivity contribution is 5.93. The molecule has 0 bridgehead atoms. The Kier molecular flexibility index (Phi) is 4.78. The van der Waals surface area contributed by atoms with Gasteiger partial charge in [0.15, 0.2) is 0 Å². The first kappa shape index (κ1) is 17.4. The van der Waals surface area contributed by atoms with Crippen LogP contribution in [-0.4, -0.2) is 23.9 Å². The van der Waals surface area contributed by atoms with Crippen molar-refractivity contribution in [3.05, 3.63) is 29.3 Å². The van der Waals surface area contributed by atoms with Gasteiger partial charge in [-0.3, -0.25) is 9.59 Å². The van der Waals surface area contributed by atoms with E-state index in [4.69, 9.17) is 0 Å². The van der Waals surface area contributed by atoms with E-state index in [1.807, 2.05) is 19.1 Å². The first-order valence-electron chi connectivity index (χ1n) is 8.79. The van der Waals surface area contributed by atoms with Gasteiger partial charge >= 0.3 is 0 Å². The molecule has 1 aliphatic carbocycles. The minimum absolute atomic E-state index is 0.00273. The van der Waals surface area contributed by atoms with E-state index in [1.165, 1.54) is 0 Å². The average Bonchev–Trinajstić information content (AvgIpc) is 3.44. The standard InChI is InChI=1S/C19H24N4O2/c1-12(13-3-7-16-14(9-13)4-8-17(24)22-16)21-10-18(25)23-19(2,11-20)15-5-6-15/h3,7,9,12,15,21H,4-6,8,10H2,1-2H3,(H,22,24)(H,23,25)/t12-,19+/m0/s1. The lowest BCUT2D eigenvalue weighted by Gasteiger charge is -2.24. The van der Waals surface area contributed by atoms with E-state index in [1.54, 1.807) is 6.92 Å². The van der Waals surface area contributed by atoms with Gasteiger partial charge in [0.05, 0.1) is 12.6 Å². The number of hydrogen-bond donors (Lipinski definition) is 3. The molecule has 2 amide bonds. The first-order valence-corrected chi connectivity index (χ1v) is 8.79. The molecule has 0 spiro atoms. The number of benzene rings is 1. The zero-order chi connectivity index (χ0) is 18.0. The average molecular weight is 340 g/mol. The van der Waals surface area contributed by atoms with Crippen LogP contribution in [0.2, 0.25) is 0 Å². The smallest absolute Gasteiger partial charge is 0.235 e. The zero-order valence-electron chi connectivity index (χ0n) is 14.7. The third-order valence-corrected chi connectivity index (χ3v) is 5.12. The number of nitrogens with zero attached hydrogens (tertiary/aromatic N) is 1. The van der Waals surface area contributed by atoms with Gasteiger partial charge in [0.1, 0.15) is 5.54 Å². The van der Waals surface area contributed by atoms with Crippen LogP contribution in [0.4, 0.5) is 5.69 Å². The van der Waals surface area contributed by atoms with E-state index in [9.17, 15) is 14.9 Å². The minimum atomic E-state index is -0.758. The molecule has 3 rings (SSSR count). The molecule has 132 valence electrons. The van der Waals surface area contributed by atoms with E-state index in [-0.39, 0.29) is 30.3 Å². The van der Waals surface area contributed by atoms with Gasteiger partial charge in [-0.15, -0.1) is 0 Å². The molecule has 0 radical (unpaired) electrons. The summed E-state index contributed by atoms with van der Waals surface area (Å²) in [5, 5.41) is 18.3. The molecule has 0 aromatic heterocycles. The molecule has 1 aromatic rings. The summed E-state index contributed by atoms with van der Waals surface area (Å²) in [6, 6.07) is 8.19. The number of aryl methyl sites for hydroxylation is 1. The number of nitriles is 1. The second-order valence-corrected chi connectivity index (χ2v) is 7.20. The van der Waals surface area contributed by atoms with Crippen LogP contribution in [0.25, 0.3) is 0 Å². The first-order chi connectivity index (χ1) is 11.9. The molecule has 25 heavy (non-hydrogen) atoms. The Morgan fingerprint density at radius 3 is 2.88 bits per heavy atom. The van der Waals surface area contributed by atoms with Gasteiger partial charge in [-0.2, -0.15) is 5.26 Å². The van der Waals surface area contributed by atoms with Crippen molar-refractivity contribution in [2.75, 3.05) is 11.9 Å². The summed E-state index contributed by atoms with van der Waals surface area (Å²) < 4.78 is 0. The Morgan fingerprint density at radius 1 is 1.44 bits per heavy atom. The molecule has 0 saturated heterocycles. The molecular weight excluding hydrogens is 316 g/mol. The van der Waals surface area contributed by atoms with Crippen LogP contribution in [0.5, 0.6) is 0 Å². The molecule has 2 atom stereocenters. The predicted octanol–water partition coefficient (Wildman–Crippen LogP) is 2.03. The molecule has 0 unspecified atom stereocenters. The van der Waals surface area contributed by atoms with Crippen molar-refractivity contribution in [1.82, 2.24) is 10.6 Å². The van der Waals surface area contributed by atoms with Crippen LogP contribution in [0, 0.1) is 17.2 Å². The van der Waals surface area contributed by atoms with Crippen molar-refractivity contribution in [1.29, 1.82) is 5.26 Å². The lowest BCUT2D eigenvalue weighted by molar-refractivity contribution is -0.121. The number of nitrogens with one attached hydrogen (secondary N) is 3. The molecule has 1 aliphatic heterocycles. The number of fused-ring (bicyclic) bond motifs is 1. The monoisotopic (exact) mass is 340 g/mol. The van der Waals surface area contributed by atoms with E-state index in [0.717, 1.165) is 36.1 Å². The second kappa shape index (κ2) is 6.85. The number of amides is 2. The highest BCUT2D eigenvalue weighted by atomic mass is 16.2. The number of anilines is 1. The maximum Gasteiger partial charge on any atom is 0.235 e. The van der Waals surface area contributed by atoms with Crippen LogP contribution >= 0.6 is 0 Å². The van der Waals surface area contributed by atoms with Crippen molar-refractivity contribution >= 4 is 17.5 Å². The van der Waals surface area contributed by atoms with Crippen LogP contribution in [0.1, 0.15) is 50.3 Å². The van der Waals surface area contributed by atoms with Gasteiger partial charge in [-0.25, -0.2) is 0 Å². The van der Waals surface area contributed by atoms with E-state index >= 15 is 0 Å². The Hall–Kier alpha value is -2.39. The topological polar surface area (TPSA) is 94.0 Å². The Labute approximate surface area is 148 Å². The number of rotatable bonds is 6. The normalized spacial score (nSPS) is 19.8. The molecule has 6 heteroatoms. The van der Waals surface area contributed by atoms with Crippen molar-refractivity contribution in [2.24, 2.45) is 5.92 Å². The fourth-order valence-corrected chi connectivity index (χ4v) is 3.25. The van der Waals surface area contributed by atoms with Crippen molar-refractivity contribution < 1.29 is 9.59 Å². The van der Waals surface area contributed by atoms with Crippen LogP contribution in [0.15, 0.2) is 18.2 Å². The van der Waals surface area contributed by atoms with Crippen LogP contribution < -0.4 is 16.0 Å². The van der Waals surface area contributed by atoms with Gasteiger partial charge in [-0.05, 0) is 56.2 Å². The van der Waals surface area contributed by atoms with Crippen LogP contribution in [0.3, 0.4) is 0 Å². The largest absolute Gasteiger partial charge is 0.337 e. The second-order valence-electron chi connectivity index (χ2n) is 7.20. The third kappa shape index (κ3) is 3.99. The molecule has 1 saturated carbocycles. The minimum Gasteiger partial charge on any atom is -0.337 e. The Bertz CT molecular complexity index is 735. The van der Waals surface area contributed by atoms with E-state index in [2.05, 4.69) is 28.1 Å². The summed E-state index contributed by atoms with van der Waals surface area (Å²) in [5.41, 5.74) is 2.32. The van der Waals surface area contributed by atoms with Gasteiger partial charge in [0.2, 0.25) is 11.8 Å². The maximum atomic E-state index is 12.2. The van der Waals surface area contributed by atoms with Crippen molar-refractivity contribution in [3.8, 4) is 6.07 Å². The van der Waals surface area contributed by atoms with Crippen molar-refractivity contribution in [3.63, 3.8) is 0 Å². The quantitative estimate of drug-likeness (QED) is 0.738. The zero-order valence-corrected chi connectivity index (χ0v) is 14.7. The highest BCUT2D eigenvalue weighted by Gasteiger charge is 2.42. The fraction of sp³-hybridized carbons (Fsp3) is 0.526. The van der Waals surface area contributed by atoms with E-state index < -0.39 is 5.54 Å².